The monoisotopic (exact) mass is 198 g/mol. The van der Waals surface area contributed by atoms with Crippen LogP contribution in [0, 0.1) is 0 Å². The number of hydrogen-bond acceptors (Lipinski definition) is 3. The second-order valence-electron chi connectivity index (χ2n) is 2.31. The van der Waals surface area contributed by atoms with Crippen molar-refractivity contribution < 1.29 is 14.3 Å². The standard InChI is InChI=1S/C9H7ClO3/c10-8-4-2-1-3-7(8)9(12)5-13-6-11/h1-4,6H,5H2. The molecule has 1 rings (SSSR count). The lowest BCUT2D eigenvalue weighted by Gasteiger charge is -2.00. The number of ketones is 1. The van der Waals surface area contributed by atoms with Gasteiger partial charge in [0, 0.05) is 5.56 Å². The summed E-state index contributed by atoms with van der Waals surface area (Å²) < 4.78 is 4.32. The third-order valence-corrected chi connectivity index (χ3v) is 1.79. The molecule has 1 aromatic carbocycles. The van der Waals surface area contributed by atoms with Crippen molar-refractivity contribution in [1.82, 2.24) is 0 Å². The first-order chi connectivity index (χ1) is 6.25. The molecule has 0 bridgehead atoms. The topological polar surface area (TPSA) is 43.4 Å². The van der Waals surface area contributed by atoms with Gasteiger partial charge in [-0.15, -0.1) is 0 Å². The van der Waals surface area contributed by atoms with E-state index in [4.69, 9.17) is 11.6 Å². The van der Waals surface area contributed by atoms with Crippen LogP contribution < -0.4 is 0 Å². The Morgan fingerprint density at radius 3 is 2.77 bits per heavy atom. The molecule has 0 aliphatic heterocycles. The van der Waals surface area contributed by atoms with Crippen molar-refractivity contribution in [2.45, 2.75) is 0 Å². The molecule has 68 valence electrons. The molecule has 0 aromatic heterocycles. The fourth-order valence-corrected chi connectivity index (χ4v) is 1.12. The molecule has 0 saturated heterocycles. The van der Waals surface area contributed by atoms with Gasteiger partial charge in [-0.25, -0.2) is 0 Å². The van der Waals surface area contributed by atoms with Crippen molar-refractivity contribution in [2.75, 3.05) is 6.61 Å². The first-order valence-corrected chi connectivity index (χ1v) is 3.96. The zero-order valence-electron chi connectivity index (χ0n) is 6.70. The molecular weight excluding hydrogens is 192 g/mol. The van der Waals surface area contributed by atoms with Crippen LogP contribution in [0.2, 0.25) is 5.02 Å². The van der Waals surface area contributed by atoms with Gasteiger partial charge in [0.2, 0.25) is 5.78 Å². The summed E-state index contributed by atoms with van der Waals surface area (Å²) in [6.07, 6.45) is 0. The smallest absolute Gasteiger partial charge is 0.293 e. The number of halogens is 1. The van der Waals surface area contributed by atoms with Crippen molar-refractivity contribution in [3.8, 4) is 0 Å². The maximum atomic E-state index is 11.3. The van der Waals surface area contributed by atoms with Gasteiger partial charge < -0.3 is 4.74 Å². The molecular formula is C9H7ClO3. The Kier molecular flexibility index (Phi) is 3.46. The van der Waals surface area contributed by atoms with Gasteiger partial charge in [-0.1, -0.05) is 23.7 Å². The fourth-order valence-electron chi connectivity index (χ4n) is 0.875. The fraction of sp³-hybridized carbons (Fsp3) is 0.111. The summed E-state index contributed by atoms with van der Waals surface area (Å²) in [5, 5.41) is 0.363. The van der Waals surface area contributed by atoms with E-state index in [1.165, 1.54) is 0 Å². The van der Waals surface area contributed by atoms with Crippen molar-refractivity contribution in [3.63, 3.8) is 0 Å². The van der Waals surface area contributed by atoms with Gasteiger partial charge >= 0.3 is 0 Å². The van der Waals surface area contributed by atoms with Crippen LogP contribution in [0.5, 0.6) is 0 Å². The molecule has 0 fully saturated rings. The third-order valence-electron chi connectivity index (χ3n) is 1.46. The van der Waals surface area contributed by atoms with E-state index >= 15 is 0 Å². The molecule has 0 heterocycles. The van der Waals surface area contributed by atoms with Crippen LogP contribution in [0.1, 0.15) is 10.4 Å². The van der Waals surface area contributed by atoms with E-state index in [-0.39, 0.29) is 18.9 Å². The largest absolute Gasteiger partial charge is 0.459 e. The van der Waals surface area contributed by atoms with Crippen LogP contribution in [0.3, 0.4) is 0 Å². The Morgan fingerprint density at radius 1 is 1.46 bits per heavy atom. The number of benzene rings is 1. The highest BCUT2D eigenvalue weighted by molar-refractivity contribution is 6.34. The minimum absolute atomic E-state index is 0.231. The molecule has 0 saturated carbocycles. The van der Waals surface area contributed by atoms with Crippen LogP contribution in [0.4, 0.5) is 0 Å². The lowest BCUT2D eigenvalue weighted by molar-refractivity contribution is -0.127. The molecule has 3 nitrogen and oxygen atoms in total. The highest BCUT2D eigenvalue weighted by Gasteiger charge is 2.08. The lowest BCUT2D eigenvalue weighted by Crippen LogP contribution is -2.08. The predicted octanol–water partition coefficient (Wildman–Crippen LogP) is 1.70. The van der Waals surface area contributed by atoms with Crippen LogP contribution in [0.25, 0.3) is 0 Å². The van der Waals surface area contributed by atoms with Gasteiger partial charge in [0.25, 0.3) is 6.47 Å². The normalized spacial score (nSPS) is 9.31. The van der Waals surface area contributed by atoms with Crippen LogP contribution in [0.15, 0.2) is 24.3 Å². The Labute approximate surface area is 80.3 Å². The molecule has 0 unspecified atom stereocenters. The number of ether oxygens (including phenoxy) is 1. The summed E-state index contributed by atoms with van der Waals surface area (Å²) >= 11 is 5.73. The number of hydrogen-bond donors (Lipinski definition) is 0. The zero-order valence-corrected chi connectivity index (χ0v) is 7.45. The number of Topliss-reactive ketones (excluding diaryl/α,β-unsaturated/α-hetero) is 1. The van der Waals surface area contributed by atoms with Crippen molar-refractivity contribution in [2.24, 2.45) is 0 Å². The minimum atomic E-state index is -0.308. The van der Waals surface area contributed by atoms with Gasteiger partial charge in [-0.3, -0.25) is 9.59 Å². The summed E-state index contributed by atoms with van der Waals surface area (Å²) in [6.45, 7) is -0.0397. The highest BCUT2D eigenvalue weighted by Crippen LogP contribution is 2.15. The second-order valence-corrected chi connectivity index (χ2v) is 2.72. The average molecular weight is 199 g/mol. The molecule has 0 radical (unpaired) electrons. The Morgan fingerprint density at radius 2 is 2.15 bits per heavy atom. The van der Waals surface area contributed by atoms with E-state index in [1.54, 1.807) is 24.3 Å². The SMILES string of the molecule is O=COCC(=O)c1ccccc1Cl. The molecule has 0 N–H and O–H groups in total. The van der Waals surface area contributed by atoms with Gasteiger partial charge in [0.1, 0.15) is 0 Å². The Balaban J connectivity index is 2.76. The Bertz CT molecular complexity index is 322. The van der Waals surface area contributed by atoms with Gasteiger partial charge in [-0.05, 0) is 12.1 Å². The van der Waals surface area contributed by atoms with E-state index < -0.39 is 0 Å². The van der Waals surface area contributed by atoms with Crippen LogP contribution in [-0.2, 0) is 9.53 Å². The first-order valence-electron chi connectivity index (χ1n) is 3.58. The van der Waals surface area contributed by atoms with Crippen molar-refractivity contribution in [1.29, 1.82) is 0 Å². The summed E-state index contributed by atoms with van der Waals surface area (Å²) in [5.41, 5.74) is 0.367. The average Bonchev–Trinajstić information content (AvgIpc) is 2.15. The minimum Gasteiger partial charge on any atom is -0.459 e. The molecule has 1 aromatic rings. The summed E-state index contributed by atoms with van der Waals surface area (Å²) in [4.78, 5) is 21.1. The summed E-state index contributed by atoms with van der Waals surface area (Å²) in [7, 11) is 0. The van der Waals surface area contributed by atoms with Crippen LogP contribution >= 0.6 is 11.6 Å². The van der Waals surface area contributed by atoms with E-state index in [0.29, 0.717) is 10.6 Å². The number of carbonyl (C=O) groups excluding carboxylic acids is 2. The van der Waals surface area contributed by atoms with Gasteiger partial charge in [0.05, 0.1) is 5.02 Å². The van der Waals surface area contributed by atoms with E-state index in [9.17, 15) is 9.59 Å². The molecule has 13 heavy (non-hydrogen) atoms. The molecule has 0 aliphatic carbocycles. The van der Waals surface area contributed by atoms with Crippen molar-refractivity contribution in [3.05, 3.63) is 34.9 Å². The van der Waals surface area contributed by atoms with Gasteiger partial charge in [-0.2, -0.15) is 0 Å². The van der Waals surface area contributed by atoms with Crippen LogP contribution in [-0.4, -0.2) is 18.9 Å². The molecule has 4 heteroatoms. The quantitative estimate of drug-likeness (QED) is 0.546. The molecule has 0 amide bonds. The number of carbonyl (C=O) groups is 2. The highest BCUT2D eigenvalue weighted by atomic mass is 35.5. The lowest BCUT2D eigenvalue weighted by atomic mass is 10.1. The van der Waals surface area contributed by atoms with E-state index in [2.05, 4.69) is 4.74 Å². The maximum absolute atomic E-state index is 11.3. The number of rotatable bonds is 4. The Hall–Kier alpha value is -1.35. The zero-order chi connectivity index (χ0) is 9.68. The molecule has 0 aliphatic rings. The molecule has 0 atom stereocenters. The molecule has 0 spiro atoms. The van der Waals surface area contributed by atoms with E-state index in [0.717, 1.165) is 0 Å². The predicted molar refractivity (Wildman–Crippen MR) is 47.8 cm³/mol. The summed E-state index contributed by atoms with van der Waals surface area (Å²) in [6, 6.07) is 6.61. The van der Waals surface area contributed by atoms with E-state index in [1.807, 2.05) is 0 Å². The van der Waals surface area contributed by atoms with Gasteiger partial charge in [0.15, 0.2) is 6.61 Å². The third kappa shape index (κ3) is 2.56. The second kappa shape index (κ2) is 4.62. The summed E-state index contributed by atoms with van der Waals surface area (Å²) in [5.74, 6) is -0.308. The first kappa shape index (κ1) is 9.74. The maximum Gasteiger partial charge on any atom is 0.293 e. The van der Waals surface area contributed by atoms with Crippen molar-refractivity contribution >= 4 is 23.9 Å².